The van der Waals surface area contributed by atoms with E-state index >= 15 is 0 Å². The third-order valence-corrected chi connectivity index (χ3v) is 21.0. The summed E-state index contributed by atoms with van der Waals surface area (Å²) >= 11 is 0. The molecule has 1 heterocycles. The van der Waals surface area contributed by atoms with Gasteiger partial charge < -0.3 is 18.3 Å². The minimum Gasteiger partial charge on any atom is -0.543 e. The number of benzene rings is 1. The Morgan fingerprint density at radius 1 is 0.909 bits per heavy atom. The number of ether oxygens (including phenoxy) is 2. The first-order chi connectivity index (χ1) is 20.5. The molecule has 1 aromatic rings. The predicted octanol–water partition coefficient (Wildman–Crippen LogP) is 11.1. The summed E-state index contributed by atoms with van der Waals surface area (Å²) in [6, 6.07) is 6.89. The summed E-state index contributed by atoms with van der Waals surface area (Å²) in [5, 5.41) is 0.397. The minimum atomic E-state index is -1.92. The summed E-state index contributed by atoms with van der Waals surface area (Å²) in [5.74, 6) is 3.07. The standard InChI is InChI=1S/C38H68O4Si2/c1-12-13-14-19-30(40-36-21-15-16-24-39-36)22-23-31-32-25-28-18-17-20-34(41-43(8,9)37(2,3)4)33(28)26-29(32)27-35(31)42-44(10,11)38(5,6)7/h17-18,20,29-32,35-36H,12-16,19,21-27H2,1-11H3/t29-,30-,31+,32-,35+,36?/m0/s1. The first kappa shape index (κ1) is 36.2. The molecule has 3 aliphatic rings. The van der Waals surface area contributed by atoms with Gasteiger partial charge in [0.2, 0.25) is 8.32 Å². The highest BCUT2D eigenvalue weighted by Gasteiger charge is 2.50. The van der Waals surface area contributed by atoms with Gasteiger partial charge in [-0.2, -0.15) is 0 Å². The van der Waals surface area contributed by atoms with Gasteiger partial charge >= 0.3 is 0 Å². The number of unbranched alkanes of at least 4 members (excludes halogenated alkanes) is 2. The van der Waals surface area contributed by atoms with E-state index in [-0.39, 0.29) is 22.5 Å². The quantitative estimate of drug-likeness (QED) is 0.158. The number of fused-ring (bicyclic) bond motifs is 2. The van der Waals surface area contributed by atoms with E-state index in [2.05, 4.69) is 92.9 Å². The van der Waals surface area contributed by atoms with Crippen LogP contribution in [0.2, 0.25) is 36.3 Å². The van der Waals surface area contributed by atoms with Gasteiger partial charge in [0, 0.05) is 12.7 Å². The van der Waals surface area contributed by atoms with E-state index in [4.69, 9.17) is 18.3 Å². The lowest BCUT2D eigenvalue weighted by Gasteiger charge is -2.41. The van der Waals surface area contributed by atoms with Crippen LogP contribution in [0.15, 0.2) is 18.2 Å². The van der Waals surface area contributed by atoms with Gasteiger partial charge in [-0.1, -0.05) is 79.9 Å². The molecule has 1 aliphatic heterocycles. The molecule has 1 aromatic carbocycles. The summed E-state index contributed by atoms with van der Waals surface area (Å²) in [6.45, 7) is 27.0. The zero-order valence-electron chi connectivity index (χ0n) is 30.5. The Morgan fingerprint density at radius 3 is 2.27 bits per heavy atom. The lowest BCUT2D eigenvalue weighted by Crippen LogP contribution is -2.45. The molecule has 6 heteroatoms. The molecule has 1 saturated carbocycles. The maximum atomic E-state index is 7.35. The lowest BCUT2D eigenvalue weighted by atomic mass is 9.73. The van der Waals surface area contributed by atoms with Crippen LogP contribution in [0.25, 0.3) is 0 Å². The van der Waals surface area contributed by atoms with Crippen LogP contribution in [0.1, 0.15) is 124 Å². The van der Waals surface area contributed by atoms with Gasteiger partial charge in [-0.3, -0.25) is 0 Å². The second-order valence-corrected chi connectivity index (χ2v) is 27.0. The van der Waals surface area contributed by atoms with E-state index in [0.717, 1.165) is 44.5 Å². The molecular weight excluding hydrogens is 577 g/mol. The number of hydrogen-bond acceptors (Lipinski definition) is 4. The Bertz CT molecular complexity index is 1050. The first-order valence-corrected chi connectivity index (χ1v) is 24.1. The van der Waals surface area contributed by atoms with Crippen molar-refractivity contribution in [2.45, 2.75) is 180 Å². The number of rotatable bonds is 13. The van der Waals surface area contributed by atoms with Gasteiger partial charge in [-0.05, 0) is 129 Å². The average molecular weight is 645 g/mol. The van der Waals surface area contributed by atoms with Crippen LogP contribution in [0.3, 0.4) is 0 Å². The van der Waals surface area contributed by atoms with Crippen molar-refractivity contribution in [3.8, 4) is 5.75 Å². The van der Waals surface area contributed by atoms with Crippen molar-refractivity contribution in [3.05, 3.63) is 29.3 Å². The molecule has 252 valence electrons. The summed E-state index contributed by atoms with van der Waals surface area (Å²) in [5.41, 5.74) is 3.01. The molecule has 6 atom stereocenters. The van der Waals surface area contributed by atoms with Crippen molar-refractivity contribution in [1.82, 2.24) is 0 Å². The molecule has 0 radical (unpaired) electrons. The first-order valence-electron chi connectivity index (χ1n) is 18.3. The fraction of sp³-hybridized carbons (Fsp3) is 0.842. The van der Waals surface area contributed by atoms with Crippen LogP contribution in [0, 0.1) is 17.8 Å². The Labute approximate surface area is 274 Å². The molecule has 0 bridgehead atoms. The molecule has 0 spiro atoms. The topological polar surface area (TPSA) is 36.9 Å². The molecule has 0 N–H and O–H groups in total. The number of hydrogen-bond donors (Lipinski definition) is 0. The van der Waals surface area contributed by atoms with Gasteiger partial charge in [-0.25, -0.2) is 0 Å². The predicted molar refractivity (Wildman–Crippen MR) is 191 cm³/mol. The summed E-state index contributed by atoms with van der Waals surface area (Å²) in [7, 11) is -3.83. The Hall–Kier alpha value is -0.666. The zero-order valence-corrected chi connectivity index (χ0v) is 32.5. The average Bonchev–Trinajstić information content (AvgIpc) is 3.25. The third kappa shape index (κ3) is 8.82. The van der Waals surface area contributed by atoms with Crippen LogP contribution < -0.4 is 4.43 Å². The van der Waals surface area contributed by atoms with E-state index in [0.29, 0.717) is 23.9 Å². The van der Waals surface area contributed by atoms with Crippen molar-refractivity contribution < 1.29 is 18.3 Å². The highest BCUT2D eigenvalue weighted by Crippen LogP contribution is 2.52. The smallest absolute Gasteiger partial charge is 0.250 e. The maximum absolute atomic E-state index is 7.35. The SMILES string of the molecule is CCCCC[C@@H](CC[C@@H]1[C@H]2Cc3cccc(O[Si](C)(C)C(C)(C)C)c3C[C@H]2C[C@H]1O[Si](C)(C)C(C)(C)C)OC1CCCCO1. The normalized spacial score (nSPS) is 27.1. The van der Waals surface area contributed by atoms with Gasteiger partial charge in [0.25, 0.3) is 0 Å². The lowest BCUT2D eigenvalue weighted by molar-refractivity contribution is -0.191. The van der Waals surface area contributed by atoms with E-state index < -0.39 is 16.6 Å². The van der Waals surface area contributed by atoms with Gasteiger partial charge in [0.1, 0.15) is 5.75 Å². The van der Waals surface area contributed by atoms with Crippen molar-refractivity contribution in [2.24, 2.45) is 17.8 Å². The molecule has 2 fully saturated rings. The van der Waals surface area contributed by atoms with Gasteiger partial charge in [0.05, 0.1) is 6.10 Å². The van der Waals surface area contributed by atoms with E-state index in [9.17, 15) is 0 Å². The fourth-order valence-electron chi connectivity index (χ4n) is 7.30. The van der Waals surface area contributed by atoms with Crippen molar-refractivity contribution in [2.75, 3.05) is 6.61 Å². The maximum Gasteiger partial charge on any atom is 0.250 e. The van der Waals surface area contributed by atoms with Crippen LogP contribution in [-0.4, -0.2) is 41.7 Å². The molecule has 0 amide bonds. The molecule has 1 saturated heterocycles. The van der Waals surface area contributed by atoms with Crippen molar-refractivity contribution in [1.29, 1.82) is 0 Å². The highest BCUT2D eigenvalue weighted by atomic mass is 28.4. The zero-order chi connectivity index (χ0) is 32.3. The molecule has 4 nitrogen and oxygen atoms in total. The van der Waals surface area contributed by atoms with Crippen LogP contribution in [-0.2, 0) is 26.7 Å². The molecule has 4 rings (SSSR count). The Kier molecular flexibility index (Phi) is 12.0. The highest BCUT2D eigenvalue weighted by molar-refractivity contribution is 6.75. The van der Waals surface area contributed by atoms with E-state index in [1.54, 1.807) is 0 Å². The van der Waals surface area contributed by atoms with E-state index in [1.807, 2.05) is 0 Å². The Balaban J connectivity index is 1.56. The van der Waals surface area contributed by atoms with Gasteiger partial charge in [-0.15, -0.1) is 0 Å². The molecule has 1 unspecified atom stereocenters. The van der Waals surface area contributed by atoms with E-state index in [1.165, 1.54) is 56.1 Å². The van der Waals surface area contributed by atoms with Crippen LogP contribution >= 0.6 is 0 Å². The van der Waals surface area contributed by atoms with Crippen LogP contribution in [0.4, 0.5) is 0 Å². The largest absolute Gasteiger partial charge is 0.543 e. The molecule has 2 aliphatic carbocycles. The molecule has 0 aromatic heterocycles. The monoisotopic (exact) mass is 644 g/mol. The summed E-state index contributed by atoms with van der Waals surface area (Å²) < 4.78 is 27.1. The van der Waals surface area contributed by atoms with Crippen molar-refractivity contribution >= 4 is 16.6 Å². The molecular formula is C38H68O4Si2. The van der Waals surface area contributed by atoms with Crippen LogP contribution in [0.5, 0.6) is 5.75 Å². The van der Waals surface area contributed by atoms with Gasteiger partial charge in [0.15, 0.2) is 14.6 Å². The molecule has 44 heavy (non-hydrogen) atoms. The third-order valence-electron chi connectivity index (χ3n) is 12.2. The summed E-state index contributed by atoms with van der Waals surface area (Å²) in [6.07, 6.45) is 14.8. The second-order valence-electron chi connectivity index (χ2n) is 17.5. The second kappa shape index (κ2) is 14.6. The Morgan fingerprint density at radius 2 is 1.64 bits per heavy atom. The summed E-state index contributed by atoms with van der Waals surface area (Å²) in [4.78, 5) is 0. The fourth-order valence-corrected chi connectivity index (χ4v) is 9.73. The minimum absolute atomic E-state index is 0.00754. The van der Waals surface area contributed by atoms with Crippen molar-refractivity contribution in [3.63, 3.8) is 0 Å².